The maximum Gasteiger partial charge on any atom is 0.0781 e. The van der Waals surface area contributed by atoms with Crippen LogP contribution in [0.1, 0.15) is 54.1 Å². The molecule has 0 heterocycles. The second kappa shape index (κ2) is 6.40. The van der Waals surface area contributed by atoms with Crippen molar-refractivity contribution in [2.75, 3.05) is 0 Å². The minimum Gasteiger partial charge on any atom is -0.0885 e. The van der Waals surface area contributed by atoms with Crippen LogP contribution in [-0.2, 0) is 0 Å². The van der Waals surface area contributed by atoms with Gasteiger partial charge in [-0.15, -0.1) is 0 Å². The summed E-state index contributed by atoms with van der Waals surface area (Å²) in [5, 5.41) is 2.07. The number of allylic oxidation sites excluding steroid dienone is 4. The summed E-state index contributed by atoms with van der Waals surface area (Å²) in [5.41, 5.74) is 8.53. The normalized spacial score (nSPS) is 23.9. The molecule has 0 saturated carbocycles. The van der Waals surface area contributed by atoms with Crippen LogP contribution in [0.4, 0.5) is 0 Å². The summed E-state index contributed by atoms with van der Waals surface area (Å²) in [5.74, 6) is 0. The van der Waals surface area contributed by atoms with Crippen molar-refractivity contribution in [3.05, 3.63) is 80.8 Å². The molecule has 0 fully saturated rings. The number of benzene rings is 2. The van der Waals surface area contributed by atoms with E-state index in [0.29, 0.717) is 11.1 Å². The van der Waals surface area contributed by atoms with E-state index in [4.69, 9.17) is 23.2 Å². The summed E-state index contributed by atoms with van der Waals surface area (Å²) < 4.78 is 0. The minimum atomic E-state index is -1.95. The van der Waals surface area contributed by atoms with Crippen LogP contribution >= 0.6 is 23.2 Å². The van der Waals surface area contributed by atoms with Crippen molar-refractivity contribution in [2.24, 2.45) is 0 Å². The molecule has 2 unspecified atom stereocenters. The first-order valence-corrected chi connectivity index (χ1v) is 12.9. The zero-order chi connectivity index (χ0) is 18.6. The van der Waals surface area contributed by atoms with E-state index in [1.807, 2.05) is 0 Å². The molecule has 2 aromatic carbocycles. The predicted octanol–water partition coefficient (Wildman–Crippen LogP) is 7.70. The van der Waals surface area contributed by atoms with Gasteiger partial charge in [-0.1, -0.05) is 91.2 Å². The van der Waals surface area contributed by atoms with Gasteiger partial charge in [0.05, 0.1) is 8.07 Å². The smallest absolute Gasteiger partial charge is 0.0781 e. The van der Waals surface area contributed by atoms with Crippen molar-refractivity contribution in [1.29, 1.82) is 0 Å². The lowest BCUT2D eigenvalue weighted by Crippen LogP contribution is -2.44. The maximum absolute atomic E-state index is 7.00. The van der Waals surface area contributed by atoms with E-state index < -0.39 is 8.07 Å². The third-order valence-corrected chi connectivity index (χ3v) is 13.4. The van der Waals surface area contributed by atoms with Gasteiger partial charge in [0.15, 0.2) is 0 Å². The van der Waals surface area contributed by atoms with Crippen LogP contribution < -0.4 is 0 Å². The van der Waals surface area contributed by atoms with Crippen LogP contribution in [0.2, 0.25) is 12.6 Å². The molecular formula is C23H24Cl2Si. The van der Waals surface area contributed by atoms with Crippen LogP contribution in [0.15, 0.2) is 58.6 Å². The largest absolute Gasteiger partial charge is 0.0885 e. The molecule has 2 atom stereocenters. The average molecular weight is 399 g/mol. The van der Waals surface area contributed by atoms with E-state index in [1.165, 1.54) is 33.4 Å². The molecule has 26 heavy (non-hydrogen) atoms. The van der Waals surface area contributed by atoms with Gasteiger partial charge in [-0.3, -0.25) is 0 Å². The van der Waals surface area contributed by atoms with Crippen molar-refractivity contribution in [3.8, 4) is 0 Å². The summed E-state index contributed by atoms with van der Waals surface area (Å²) in [4.78, 5) is 0. The SMILES string of the molecule is CC[Si](C)(C1C(Cl)=C(C)c2ccccc21)C1C(Cl)=C(C)c2ccccc21. The van der Waals surface area contributed by atoms with Crippen molar-refractivity contribution in [1.82, 2.24) is 0 Å². The fraction of sp³-hybridized carbons (Fsp3) is 0.304. The van der Waals surface area contributed by atoms with Gasteiger partial charge in [-0.05, 0) is 47.2 Å². The molecule has 2 aliphatic rings. The third-order valence-electron chi connectivity index (χ3n) is 6.66. The molecule has 2 aliphatic carbocycles. The molecule has 2 aromatic rings. The zero-order valence-corrected chi connectivity index (χ0v) is 18.2. The molecule has 0 bridgehead atoms. The van der Waals surface area contributed by atoms with Gasteiger partial charge in [0.1, 0.15) is 0 Å². The summed E-state index contributed by atoms with van der Waals surface area (Å²) in [6.45, 7) is 9.15. The monoisotopic (exact) mass is 398 g/mol. The second-order valence-electron chi connectivity index (χ2n) is 7.85. The van der Waals surface area contributed by atoms with Gasteiger partial charge in [-0.2, -0.15) is 0 Å². The van der Waals surface area contributed by atoms with E-state index in [-0.39, 0.29) is 0 Å². The van der Waals surface area contributed by atoms with Gasteiger partial charge in [-0.25, -0.2) is 0 Å². The summed E-state index contributed by atoms with van der Waals surface area (Å²) in [6.07, 6.45) is 0. The fourth-order valence-corrected chi connectivity index (χ4v) is 11.6. The van der Waals surface area contributed by atoms with Crippen molar-refractivity contribution < 1.29 is 0 Å². The van der Waals surface area contributed by atoms with Crippen LogP contribution in [0, 0.1) is 0 Å². The molecule has 3 heteroatoms. The first-order valence-electron chi connectivity index (χ1n) is 9.33. The first kappa shape index (κ1) is 18.1. The lowest BCUT2D eigenvalue weighted by atomic mass is 10.1. The number of fused-ring (bicyclic) bond motifs is 2. The minimum absolute atomic E-state index is 0.308. The number of rotatable bonds is 3. The van der Waals surface area contributed by atoms with Gasteiger partial charge in [0.2, 0.25) is 0 Å². The number of hydrogen-bond donors (Lipinski definition) is 0. The Balaban J connectivity index is 1.93. The van der Waals surface area contributed by atoms with Crippen LogP contribution in [-0.4, -0.2) is 8.07 Å². The summed E-state index contributed by atoms with van der Waals surface area (Å²) in [7, 11) is -1.95. The van der Waals surface area contributed by atoms with E-state index in [1.54, 1.807) is 0 Å². The van der Waals surface area contributed by atoms with Crippen molar-refractivity contribution >= 4 is 42.4 Å². The first-order chi connectivity index (χ1) is 12.4. The number of halogens is 2. The quantitative estimate of drug-likeness (QED) is 0.464. The standard InChI is InChI=1S/C23H24Cl2Si/c1-5-26(4,22-18-12-8-6-10-16(18)14(2)20(22)24)23-19-13-9-7-11-17(19)15(3)21(23)25/h6-13,22-23H,5H2,1-4H3. The van der Waals surface area contributed by atoms with E-state index in [9.17, 15) is 0 Å². The molecule has 0 radical (unpaired) electrons. The Bertz CT molecular complexity index is 881. The van der Waals surface area contributed by atoms with E-state index in [0.717, 1.165) is 16.1 Å². The highest BCUT2D eigenvalue weighted by Gasteiger charge is 2.51. The highest BCUT2D eigenvalue weighted by molar-refractivity contribution is 6.84. The predicted molar refractivity (Wildman–Crippen MR) is 117 cm³/mol. The van der Waals surface area contributed by atoms with E-state index >= 15 is 0 Å². The molecule has 0 amide bonds. The van der Waals surface area contributed by atoms with Crippen molar-refractivity contribution in [3.63, 3.8) is 0 Å². The molecule has 0 saturated heterocycles. The van der Waals surface area contributed by atoms with Gasteiger partial charge >= 0.3 is 0 Å². The number of hydrogen-bond acceptors (Lipinski definition) is 0. The van der Waals surface area contributed by atoms with Gasteiger partial charge in [0, 0.05) is 21.1 Å². The molecular weight excluding hydrogens is 375 g/mol. The van der Waals surface area contributed by atoms with Gasteiger partial charge < -0.3 is 0 Å². The summed E-state index contributed by atoms with van der Waals surface area (Å²) in [6, 6.07) is 18.6. The lowest BCUT2D eigenvalue weighted by molar-refractivity contribution is 0.991. The maximum atomic E-state index is 7.00. The van der Waals surface area contributed by atoms with Gasteiger partial charge in [0.25, 0.3) is 0 Å². The Morgan fingerprint density at radius 3 is 1.54 bits per heavy atom. The Morgan fingerprint density at radius 1 is 0.769 bits per heavy atom. The molecule has 134 valence electrons. The lowest BCUT2D eigenvalue weighted by Gasteiger charge is -2.40. The van der Waals surface area contributed by atoms with Crippen LogP contribution in [0.5, 0.6) is 0 Å². The Labute approximate surface area is 167 Å². The zero-order valence-electron chi connectivity index (χ0n) is 15.7. The highest BCUT2D eigenvalue weighted by Crippen LogP contribution is 2.58. The molecule has 0 N–H and O–H groups in total. The molecule has 0 aliphatic heterocycles. The van der Waals surface area contributed by atoms with Crippen LogP contribution in [0.3, 0.4) is 0 Å². The molecule has 0 spiro atoms. The Morgan fingerprint density at radius 2 is 1.15 bits per heavy atom. The Hall–Kier alpha value is -1.28. The highest BCUT2D eigenvalue weighted by atomic mass is 35.5. The van der Waals surface area contributed by atoms with Crippen LogP contribution in [0.25, 0.3) is 11.1 Å². The summed E-state index contributed by atoms with van der Waals surface area (Å²) >= 11 is 14.0. The molecule has 4 rings (SSSR count). The Kier molecular flexibility index (Phi) is 4.46. The second-order valence-corrected chi connectivity index (χ2v) is 13.5. The van der Waals surface area contributed by atoms with Crippen molar-refractivity contribution in [2.45, 2.75) is 44.4 Å². The van der Waals surface area contributed by atoms with E-state index in [2.05, 4.69) is 75.8 Å². The topological polar surface area (TPSA) is 0 Å². The average Bonchev–Trinajstić information content (AvgIpc) is 3.07. The third kappa shape index (κ3) is 2.34. The molecule has 0 nitrogen and oxygen atoms in total. The molecule has 0 aromatic heterocycles. The fourth-order valence-electron chi connectivity index (χ4n) is 5.01.